The summed E-state index contributed by atoms with van der Waals surface area (Å²) in [5.41, 5.74) is 0. The zero-order chi connectivity index (χ0) is 17.2. The first-order chi connectivity index (χ1) is 11.6. The number of benzene rings is 1. The van der Waals surface area contributed by atoms with Crippen LogP contribution in [0, 0.1) is 5.92 Å². The van der Waals surface area contributed by atoms with E-state index in [1.807, 2.05) is 24.3 Å². The monoisotopic (exact) mass is 368 g/mol. The number of hydrogen-bond acceptors (Lipinski definition) is 3. The fourth-order valence-electron chi connectivity index (χ4n) is 2.85. The van der Waals surface area contributed by atoms with Crippen LogP contribution in [-0.2, 0) is 4.79 Å². The van der Waals surface area contributed by atoms with E-state index in [9.17, 15) is 4.79 Å². The van der Waals surface area contributed by atoms with Crippen molar-refractivity contribution < 1.29 is 4.79 Å². The number of nitrogens with zero attached hydrogens (tertiary/aromatic N) is 1. The average Bonchev–Trinajstić information content (AvgIpc) is 2.58. The zero-order valence-corrected chi connectivity index (χ0v) is 16.2. The second-order valence-electron chi connectivity index (χ2n) is 6.63. The number of nitrogens with one attached hydrogen (secondary N) is 1. The van der Waals surface area contributed by atoms with Gasteiger partial charge in [-0.2, -0.15) is 0 Å². The highest BCUT2D eigenvalue weighted by molar-refractivity contribution is 7.99. The van der Waals surface area contributed by atoms with Crippen LogP contribution < -0.4 is 5.32 Å². The standard InChI is InChI=1S/C19H29ClN2OS/c1-16-8-13-22(14-9-16)12-3-2-11-21-19(23)10-15-24-18-6-4-17(20)5-7-18/h4-7,16H,2-3,8-15H2,1H3,(H,21,23). The van der Waals surface area contributed by atoms with Crippen LogP contribution in [0.1, 0.15) is 39.0 Å². The van der Waals surface area contributed by atoms with Crippen LogP contribution >= 0.6 is 23.4 Å². The lowest BCUT2D eigenvalue weighted by Crippen LogP contribution is -2.34. The van der Waals surface area contributed by atoms with E-state index in [0.717, 1.165) is 34.6 Å². The number of piperidine rings is 1. The van der Waals surface area contributed by atoms with E-state index in [0.29, 0.717) is 6.42 Å². The summed E-state index contributed by atoms with van der Waals surface area (Å²) in [5.74, 6) is 1.86. The van der Waals surface area contributed by atoms with Crippen LogP contribution in [0.4, 0.5) is 0 Å². The summed E-state index contributed by atoms with van der Waals surface area (Å²) in [6.45, 7) is 6.81. The van der Waals surface area contributed by atoms with Gasteiger partial charge in [0.2, 0.25) is 5.91 Å². The van der Waals surface area contributed by atoms with Crippen molar-refractivity contribution in [2.45, 2.75) is 43.9 Å². The Morgan fingerprint density at radius 3 is 2.67 bits per heavy atom. The first kappa shape index (κ1) is 19.6. The molecule has 1 aromatic carbocycles. The Labute approximate surface area is 155 Å². The van der Waals surface area contributed by atoms with Gasteiger partial charge < -0.3 is 10.2 Å². The minimum Gasteiger partial charge on any atom is -0.356 e. The lowest BCUT2D eigenvalue weighted by molar-refractivity contribution is -0.120. The largest absolute Gasteiger partial charge is 0.356 e. The predicted octanol–water partition coefficient (Wildman–Crippen LogP) is 4.45. The van der Waals surface area contributed by atoms with E-state index < -0.39 is 0 Å². The molecule has 0 saturated carbocycles. The van der Waals surface area contributed by atoms with Gasteiger partial charge in [0.05, 0.1) is 0 Å². The molecule has 5 heteroatoms. The van der Waals surface area contributed by atoms with E-state index in [2.05, 4.69) is 17.1 Å². The molecule has 0 bridgehead atoms. The molecule has 1 aliphatic heterocycles. The molecule has 1 aliphatic rings. The van der Waals surface area contributed by atoms with Crippen LogP contribution in [0.3, 0.4) is 0 Å². The maximum atomic E-state index is 11.8. The molecule has 1 amide bonds. The van der Waals surface area contributed by atoms with Crippen LogP contribution in [0.25, 0.3) is 0 Å². The Hall–Kier alpha value is -0.710. The van der Waals surface area contributed by atoms with Crippen LogP contribution in [0.5, 0.6) is 0 Å². The van der Waals surface area contributed by atoms with Gasteiger partial charge in [-0.05, 0) is 75.5 Å². The minimum absolute atomic E-state index is 0.156. The summed E-state index contributed by atoms with van der Waals surface area (Å²) >= 11 is 7.55. The van der Waals surface area contributed by atoms with E-state index >= 15 is 0 Å². The number of halogens is 1. The molecule has 1 saturated heterocycles. The summed E-state index contributed by atoms with van der Waals surface area (Å²) in [5, 5.41) is 3.78. The van der Waals surface area contributed by atoms with Crippen molar-refractivity contribution in [3.05, 3.63) is 29.3 Å². The van der Waals surface area contributed by atoms with Gasteiger partial charge in [-0.25, -0.2) is 0 Å². The van der Waals surface area contributed by atoms with E-state index in [1.165, 1.54) is 38.9 Å². The molecular weight excluding hydrogens is 340 g/mol. The first-order valence-electron chi connectivity index (χ1n) is 9.01. The number of carbonyl (C=O) groups excluding carboxylic acids is 1. The van der Waals surface area contributed by atoms with Crippen molar-refractivity contribution in [1.29, 1.82) is 0 Å². The van der Waals surface area contributed by atoms with E-state index in [1.54, 1.807) is 11.8 Å². The molecule has 0 unspecified atom stereocenters. The number of hydrogen-bond donors (Lipinski definition) is 1. The Kier molecular flexibility index (Phi) is 9.00. The molecule has 2 rings (SSSR count). The number of carbonyl (C=O) groups is 1. The van der Waals surface area contributed by atoms with Crippen molar-refractivity contribution in [3.8, 4) is 0 Å². The topological polar surface area (TPSA) is 32.3 Å². The third-order valence-electron chi connectivity index (χ3n) is 4.51. The van der Waals surface area contributed by atoms with Crippen LogP contribution in [0.2, 0.25) is 5.02 Å². The Bertz CT molecular complexity index is 487. The Morgan fingerprint density at radius 2 is 1.96 bits per heavy atom. The molecule has 0 aromatic heterocycles. The number of amides is 1. The number of rotatable bonds is 9. The SMILES string of the molecule is CC1CCN(CCCCNC(=O)CCSc2ccc(Cl)cc2)CC1. The van der Waals surface area contributed by atoms with Crippen molar-refractivity contribution in [2.24, 2.45) is 5.92 Å². The number of likely N-dealkylation sites (tertiary alicyclic amines) is 1. The second kappa shape index (κ2) is 11.0. The van der Waals surface area contributed by atoms with Crippen molar-refractivity contribution in [3.63, 3.8) is 0 Å². The smallest absolute Gasteiger partial charge is 0.220 e. The van der Waals surface area contributed by atoms with E-state index in [-0.39, 0.29) is 5.91 Å². The first-order valence-corrected chi connectivity index (χ1v) is 10.4. The highest BCUT2D eigenvalue weighted by atomic mass is 35.5. The highest BCUT2D eigenvalue weighted by Gasteiger charge is 2.14. The van der Waals surface area contributed by atoms with Crippen molar-refractivity contribution in [1.82, 2.24) is 10.2 Å². The van der Waals surface area contributed by atoms with Gasteiger partial charge in [-0.1, -0.05) is 18.5 Å². The lowest BCUT2D eigenvalue weighted by atomic mass is 9.99. The van der Waals surface area contributed by atoms with Gasteiger partial charge in [0.15, 0.2) is 0 Å². The molecule has 134 valence electrons. The maximum Gasteiger partial charge on any atom is 0.220 e. The van der Waals surface area contributed by atoms with E-state index in [4.69, 9.17) is 11.6 Å². The van der Waals surface area contributed by atoms with Gasteiger partial charge in [0.25, 0.3) is 0 Å². The number of unbranched alkanes of at least 4 members (excludes halogenated alkanes) is 1. The molecule has 0 atom stereocenters. The molecule has 1 fully saturated rings. The summed E-state index contributed by atoms with van der Waals surface area (Å²) in [6.07, 6.45) is 5.48. The lowest BCUT2D eigenvalue weighted by Gasteiger charge is -2.30. The third-order valence-corrected chi connectivity index (χ3v) is 5.78. The Balaban J connectivity index is 1.45. The van der Waals surface area contributed by atoms with Gasteiger partial charge in [-0.3, -0.25) is 4.79 Å². The molecule has 1 N–H and O–H groups in total. The van der Waals surface area contributed by atoms with Crippen molar-refractivity contribution in [2.75, 3.05) is 31.9 Å². The fourth-order valence-corrected chi connectivity index (χ4v) is 3.83. The summed E-state index contributed by atoms with van der Waals surface area (Å²) in [6, 6.07) is 7.75. The summed E-state index contributed by atoms with van der Waals surface area (Å²) < 4.78 is 0. The third kappa shape index (κ3) is 7.91. The molecule has 3 nitrogen and oxygen atoms in total. The second-order valence-corrected chi connectivity index (χ2v) is 8.24. The molecule has 1 heterocycles. The summed E-state index contributed by atoms with van der Waals surface area (Å²) in [4.78, 5) is 15.5. The van der Waals surface area contributed by atoms with Crippen molar-refractivity contribution >= 4 is 29.3 Å². The average molecular weight is 369 g/mol. The van der Waals surface area contributed by atoms with Crippen LogP contribution in [-0.4, -0.2) is 42.7 Å². The zero-order valence-electron chi connectivity index (χ0n) is 14.6. The molecule has 0 aliphatic carbocycles. The van der Waals surface area contributed by atoms with Gasteiger partial charge in [0.1, 0.15) is 0 Å². The van der Waals surface area contributed by atoms with Gasteiger partial charge in [0, 0.05) is 28.6 Å². The highest BCUT2D eigenvalue weighted by Crippen LogP contribution is 2.20. The molecule has 1 aromatic rings. The quantitative estimate of drug-likeness (QED) is 0.516. The maximum absolute atomic E-state index is 11.8. The van der Waals surface area contributed by atoms with Crippen LogP contribution in [0.15, 0.2) is 29.2 Å². The summed E-state index contributed by atoms with van der Waals surface area (Å²) in [7, 11) is 0. The molecule has 0 spiro atoms. The predicted molar refractivity (Wildman–Crippen MR) is 104 cm³/mol. The Morgan fingerprint density at radius 1 is 1.25 bits per heavy atom. The molecule has 24 heavy (non-hydrogen) atoms. The minimum atomic E-state index is 0.156. The molecule has 0 radical (unpaired) electrons. The van der Waals surface area contributed by atoms with Gasteiger partial charge in [-0.15, -0.1) is 11.8 Å². The normalized spacial score (nSPS) is 16.2. The fraction of sp³-hybridized carbons (Fsp3) is 0.632. The molecular formula is C19H29ClN2OS. The number of thioether (sulfide) groups is 1. The van der Waals surface area contributed by atoms with Gasteiger partial charge >= 0.3 is 0 Å².